The fourth-order valence-electron chi connectivity index (χ4n) is 1.18. The van der Waals surface area contributed by atoms with E-state index in [1.165, 1.54) is 0 Å². The van der Waals surface area contributed by atoms with Gasteiger partial charge in [0.05, 0.1) is 6.42 Å². The highest BCUT2D eigenvalue weighted by Gasteiger charge is 2.25. The van der Waals surface area contributed by atoms with Crippen LogP contribution in [0.1, 0.15) is 18.4 Å². The van der Waals surface area contributed by atoms with Gasteiger partial charge in [-0.05, 0) is 18.4 Å². The van der Waals surface area contributed by atoms with Crippen molar-refractivity contribution in [1.82, 2.24) is 0 Å². The van der Waals surface area contributed by atoms with E-state index in [2.05, 4.69) is 0 Å². The van der Waals surface area contributed by atoms with Crippen molar-refractivity contribution < 1.29 is 9.53 Å². The second-order valence-corrected chi connectivity index (χ2v) is 3.35. The lowest BCUT2D eigenvalue weighted by atomic mass is 10.2. The molecule has 2 heteroatoms. The van der Waals surface area contributed by atoms with Crippen molar-refractivity contribution in [3.8, 4) is 0 Å². The van der Waals surface area contributed by atoms with Crippen molar-refractivity contribution in [2.75, 3.05) is 0 Å². The smallest absolute Gasteiger partial charge is 0.310 e. The molecule has 0 aliphatic heterocycles. The maximum absolute atomic E-state index is 11.2. The first-order valence-corrected chi connectivity index (χ1v) is 4.58. The number of rotatable bonds is 3. The van der Waals surface area contributed by atoms with Gasteiger partial charge in [0.1, 0.15) is 6.10 Å². The minimum atomic E-state index is -0.103. The summed E-state index contributed by atoms with van der Waals surface area (Å²) in [5, 5.41) is 0. The summed E-state index contributed by atoms with van der Waals surface area (Å²) in [4.78, 5) is 11.2. The summed E-state index contributed by atoms with van der Waals surface area (Å²) < 4.78 is 5.13. The molecule has 13 heavy (non-hydrogen) atoms. The number of carbonyl (C=O) groups excluding carboxylic acids is 1. The van der Waals surface area contributed by atoms with E-state index in [1.807, 2.05) is 30.3 Å². The Morgan fingerprint density at radius 2 is 2.00 bits per heavy atom. The first-order valence-electron chi connectivity index (χ1n) is 4.58. The van der Waals surface area contributed by atoms with Crippen LogP contribution in [0.2, 0.25) is 0 Å². The summed E-state index contributed by atoms with van der Waals surface area (Å²) in [5.41, 5.74) is 1.02. The predicted molar refractivity (Wildman–Crippen MR) is 49.3 cm³/mol. The van der Waals surface area contributed by atoms with Crippen molar-refractivity contribution in [3.05, 3.63) is 35.9 Å². The van der Waals surface area contributed by atoms with Gasteiger partial charge in [-0.15, -0.1) is 0 Å². The average Bonchev–Trinajstić information content (AvgIpc) is 2.90. The minimum absolute atomic E-state index is 0.103. The summed E-state index contributed by atoms with van der Waals surface area (Å²) >= 11 is 0. The van der Waals surface area contributed by atoms with E-state index in [4.69, 9.17) is 4.74 Å². The van der Waals surface area contributed by atoms with Crippen LogP contribution in [0.15, 0.2) is 30.3 Å². The van der Waals surface area contributed by atoms with Gasteiger partial charge in [0, 0.05) is 0 Å². The molecule has 1 aromatic carbocycles. The number of ether oxygens (including phenoxy) is 1. The van der Waals surface area contributed by atoms with Gasteiger partial charge in [-0.2, -0.15) is 0 Å². The lowest BCUT2D eigenvalue weighted by Gasteiger charge is -2.01. The van der Waals surface area contributed by atoms with E-state index in [0.717, 1.165) is 18.4 Å². The van der Waals surface area contributed by atoms with Crippen LogP contribution in [0, 0.1) is 0 Å². The van der Waals surface area contributed by atoms with Gasteiger partial charge < -0.3 is 4.74 Å². The highest BCUT2D eigenvalue weighted by atomic mass is 16.5. The predicted octanol–water partition coefficient (Wildman–Crippen LogP) is 1.93. The Hall–Kier alpha value is -1.31. The fourth-order valence-corrected chi connectivity index (χ4v) is 1.18. The lowest BCUT2D eigenvalue weighted by molar-refractivity contribution is -0.144. The highest BCUT2D eigenvalue weighted by molar-refractivity contribution is 5.72. The topological polar surface area (TPSA) is 26.3 Å². The Morgan fingerprint density at radius 3 is 2.62 bits per heavy atom. The van der Waals surface area contributed by atoms with Crippen LogP contribution < -0.4 is 0 Å². The van der Waals surface area contributed by atoms with E-state index in [-0.39, 0.29) is 12.1 Å². The first-order chi connectivity index (χ1) is 6.34. The van der Waals surface area contributed by atoms with Crippen molar-refractivity contribution >= 4 is 5.97 Å². The summed E-state index contributed by atoms with van der Waals surface area (Å²) in [6, 6.07) is 9.68. The Labute approximate surface area is 77.5 Å². The van der Waals surface area contributed by atoms with Crippen molar-refractivity contribution in [2.24, 2.45) is 0 Å². The summed E-state index contributed by atoms with van der Waals surface area (Å²) in [7, 11) is 0. The molecule has 1 aliphatic carbocycles. The molecule has 0 saturated heterocycles. The second kappa shape index (κ2) is 3.60. The van der Waals surface area contributed by atoms with Gasteiger partial charge >= 0.3 is 5.97 Å². The Bertz CT molecular complexity index is 288. The molecule has 0 spiro atoms. The van der Waals surface area contributed by atoms with Crippen molar-refractivity contribution in [2.45, 2.75) is 25.4 Å². The van der Waals surface area contributed by atoms with Crippen LogP contribution >= 0.6 is 0 Å². The second-order valence-electron chi connectivity index (χ2n) is 3.35. The van der Waals surface area contributed by atoms with Crippen LogP contribution in [0.25, 0.3) is 0 Å². The summed E-state index contributed by atoms with van der Waals surface area (Å²) in [6.07, 6.45) is 2.70. The zero-order chi connectivity index (χ0) is 9.10. The third-order valence-corrected chi connectivity index (χ3v) is 2.01. The van der Waals surface area contributed by atoms with Gasteiger partial charge in [0.15, 0.2) is 0 Å². The molecule has 0 aromatic heterocycles. The molecule has 0 amide bonds. The molecule has 1 aliphatic rings. The van der Waals surface area contributed by atoms with Crippen LogP contribution in [0.3, 0.4) is 0 Å². The summed E-state index contributed by atoms with van der Waals surface area (Å²) in [5.74, 6) is -0.103. The number of benzene rings is 1. The molecule has 2 rings (SSSR count). The molecule has 0 atom stereocenters. The monoisotopic (exact) mass is 176 g/mol. The van der Waals surface area contributed by atoms with Crippen LogP contribution in [0.4, 0.5) is 0 Å². The Kier molecular flexibility index (Phi) is 2.30. The minimum Gasteiger partial charge on any atom is -0.462 e. The van der Waals surface area contributed by atoms with Gasteiger partial charge in [-0.3, -0.25) is 4.79 Å². The SMILES string of the molecule is O=C(Cc1ccccc1)OC1CC1. The average molecular weight is 176 g/mol. The zero-order valence-electron chi connectivity index (χ0n) is 7.40. The maximum atomic E-state index is 11.2. The number of hydrogen-bond acceptors (Lipinski definition) is 2. The van der Waals surface area contributed by atoms with Gasteiger partial charge in [-0.1, -0.05) is 30.3 Å². The van der Waals surface area contributed by atoms with Crippen LogP contribution in [-0.2, 0) is 16.0 Å². The molecule has 2 nitrogen and oxygen atoms in total. The van der Waals surface area contributed by atoms with Gasteiger partial charge in [0.25, 0.3) is 0 Å². The number of carbonyl (C=O) groups is 1. The molecule has 68 valence electrons. The molecular weight excluding hydrogens is 164 g/mol. The lowest BCUT2D eigenvalue weighted by Crippen LogP contribution is -2.08. The van der Waals surface area contributed by atoms with Gasteiger partial charge in [0.2, 0.25) is 0 Å². The first kappa shape index (κ1) is 8.30. The van der Waals surface area contributed by atoms with Crippen molar-refractivity contribution in [1.29, 1.82) is 0 Å². The molecule has 1 aromatic rings. The van der Waals surface area contributed by atoms with E-state index >= 15 is 0 Å². The molecule has 0 N–H and O–H groups in total. The van der Waals surface area contributed by atoms with Crippen LogP contribution in [0.5, 0.6) is 0 Å². The maximum Gasteiger partial charge on any atom is 0.310 e. The molecule has 1 saturated carbocycles. The van der Waals surface area contributed by atoms with E-state index in [9.17, 15) is 4.79 Å². The Morgan fingerprint density at radius 1 is 1.31 bits per heavy atom. The van der Waals surface area contributed by atoms with Crippen molar-refractivity contribution in [3.63, 3.8) is 0 Å². The van der Waals surface area contributed by atoms with E-state index < -0.39 is 0 Å². The molecule has 0 unspecified atom stereocenters. The third-order valence-electron chi connectivity index (χ3n) is 2.01. The van der Waals surface area contributed by atoms with Gasteiger partial charge in [-0.25, -0.2) is 0 Å². The third kappa shape index (κ3) is 2.58. The summed E-state index contributed by atoms with van der Waals surface area (Å²) in [6.45, 7) is 0. The largest absolute Gasteiger partial charge is 0.462 e. The molecule has 1 fully saturated rings. The molecule has 0 bridgehead atoms. The molecule has 0 heterocycles. The number of hydrogen-bond donors (Lipinski definition) is 0. The molecule has 0 radical (unpaired) electrons. The van der Waals surface area contributed by atoms with E-state index in [1.54, 1.807) is 0 Å². The quantitative estimate of drug-likeness (QED) is 0.658. The Balaban J connectivity index is 1.86. The van der Waals surface area contributed by atoms with E-state index in [0.29, 0.717) is 6.42 Å². The van der Waals surface area contributed by atoms with Crippen LogP contribution in [-0.4, -0.2) is 12.1 Å². The molecular formula is C11H12O2. The zero-order valence-corrected chi connectivity index (χ0v) is 7.40. The normalized spacial score (nSPS) is 15.4. The highest BCUT2D eigenvalue weighted by Crippen LogP contribution is 2.23. The fraction of sp³-hybridized carbons (Fsp3) is 0.364. The standard InChI is InChI=1S/C11H12O2/c12-11(13-10-6-7-10)8-9-4-2-1-3-5-9/h1-5,10H,6-8H2. The number of esters is 1.